The van der Waals surface area contributed by atoms with Gasteiger partial charge in [0.05, 0.1) is 16.5 Å². The van der Waals surface area contributed by atoms with Crippen LogP contribution in [0.15, 0.2) is 18.2 Å². The van der Waals surface area contributed by atoms with Gasteiger partial charge in [-0.25, -0.2) is 0 Å². The molecule has 2 nitrogen and oxygen atoms in total. The molecule has 0 fully saturated rings. The minimum absolute atomic E-state index is 0.0209. The second kappa shape index (κ2) is 5.52. The fraction of sp³-hybridized carbons (Fsp3) is 0.364. The van der Waals surface area contributed by atoms with Gasteiger partial charge >= 0.3 is 0 Å². The Balaban J connectivity index is 3.01. The number of alkyl halides is 1. The smallest absolute Gasteiger partial charge is 0.176 e. The maximum atomic E-state index is 11.7. The number of carbonyl (C=O) groups excluding carboxylic acids is 1. The largest absolute Gasteiger partial charge is 0.492 e. The molecule has 1 unspecified atom stereocenters. The Morgan fingerprint density at radius 2 is 2.27 bits per heavy atom. The van der Waals surface area contributed by atoms with Crippen LogP contribution >= 0.6 is 27.5 Å². The van der Waals surface area contributed by atoms with Gasteiger partial charge in [-0.15, -0.1) is 0 Å². The number of hydrogen-bond acceptors (Lipinski definition) is 2. The third kappa shape index (κ3) is 3.21. The van der Waals surface area contributed by atoms with E-state index in [1.54, 1.807) is 25.1 Å². The molecule has 0 spiro atoms. The van der Waals surface area contributed by atoms with Crippen LogP contribution in [0.2, 0.25) is 5.02 Å². The molecule has 0 aromatic heterocycles. The summed E-state index contributed by atoms with van der Waals surface area (Å²) in [7, 11) is 0. The lowest BCUT2D eigenvalue weighted by atomic mass is 10.1. The molecule has 0 saturated heterocycles. The monoisotopic (exact) mass is 290 g/mol. The molecule has 0 bridgehead atoms. The number of halogens is 2. The van der Waals surface area contributed by atoms with Crippen molar-refractivity contribution in [2.75, 3.05) is 6.61 Å². The molecular weight excluding hydrogens is 279 g/mol. The molecule has 1 aromatic rings. The lowest BCUT2D eigenvalue weighted by molar-refractivity contribution is 0.0995. The lowest BCUT2D eigenvalue weighted by Crippen LogP contribution is -2.10. The fourth-order valence-corrected chi connectivity index (χ4v) is 1.59. The van der Waals surface area contributed by atoms with Gasteiger partial charge in [-0.2, -0.15) is 0 Å². The van der Waals surface area contributed by atoms with Crippen LogP contribution in [-0.2, 0) is 0 Å². The highest BCUT2D eigenvalue weighted by atomic mass is 79.9. The quantitative estimate of drug-likeness (QED) is 0.624. The first kappa shape index (κ1) is 12.5. The number of ketones is 1. The standard InChI is InChI=1S/C11H12BrClO2/c1-3-15-10-6-8(4-5-9(10)13)11(14)7(2)12/h4-7H,3H2,1-2H3. The third-order valence-electron chi connectivity index (χ3n) is 1.88. The molecule has 4 heteroatoms. The van der Waals surface area contributed by atoms with Crippen molar-refractivity contribution in [1.29, 1.82) is 0 Å². The van der Waals surface area contributed by atoms with Crippen LogP contribution in [0.5, 0.6) is 5.75 Å². The molecular formula is C11H12BrClO2. The zero-order valence-corrected chi connectivity index (χ0v) is 10.9. The molecule has 1 atom stereocenters. The highest BCUT2D eigenvalue weighted by Crippen LogP contribution is 2.26. The topological polar surface area (TPSA) is 26.3 Å². The van der Waals surface area contributed by atoms with E-state index in [9.17, 15) is 4.79 Å². The van der Waals surface area contributed by atoms with Crippen LogP contribution in [0.4, 0.5) is 0 Å². The van der Waals surface area contributed by atoms with E-state index in [4.69, 9.17) is 16.3 Å². The van der Waals surface area contributed by atoms with Crippen molar-refractivity contribution in [1.82, 2.24) is 0 Å². The van der Waals surface area contributed by atoms with Gasteiger partial charge in [-0.05, 0) is 32.0 Å². The van der Waals surface area contributed by atoms with E-state index in [2.05, 4.69) is 15.9 Å². The van der Waals surface area contributed by atoms with E-state index >= 15 is 0 Å². The van der Waals surface area contributed by atoms with Crippen LogP contribution < -0.4 is 4.74 Å². The van der Waals surface area contributed by atoms with Crippen molar-refractivity contribution in [3.8, 4) is 5.75 Å². The van der Waals surface area contributed by atoms with E-state index in [0.29, 0.717) is 22.9 Å². The summed E-state index contributed by atoms with van der Waals surface area (Å²) >= 11 is 9.15. The minimum Gasteiger partial charge on any atom is -0.492 e. The van der Waals surface area contributed by atoms with Gasteiger partial charge < -0.3 is 4.74 Å². The highest BCUT2D eigenvalue weighted by molar-refractivity contribution is 9.10. The number of rotatable bonds is 4. The maximum absolute atomic E-state index is 11.7. The second-order valence-corrected chi connectivity index (χ2v) is 4.84. The highest BCUT2D eigenvalue weighted by Gasteiger charge is 2.13. The third-order valence-corrected chi connectivity index (χ3v) is 2.60. The minimum atomic E-state index is -0.201. The SMILES string of the molecule is CCOc1cc(C(=O)C(C)Br)ccc1Cl. The predicted molar refractivity (Wildman–Crippen MR) is 65.3 cm³/mol. The van der Waals surface area contributed by atoms with Gasteiger partial charge in [0.15, 0.2) is 5.78 Å². The molecule has 0 amide bonds. The average Bonchev–Trinajstić information content (AvgIpc) is 2.20. The number of benzene rings is 1. The average molecular weight is 292 g/mol. The summed E-state index contributed by atoms with van der Waals surface area (Å²) in [5.41, 5.74) is 0.604. The summed E-state index contributed by atoms with van der Waals surface area (Å²) in [5, 5.41) is 0.524. The molecule has 0 aliphatic heterocycles. The molecule has 15 heavy (non-hydrogen) atoms. The summed E-state index contributed by atoms with van der Waals surface area (Å²) < 4.78 is 5.31. The number of carbonyl (C=O) groups is 1. The maximum Gasteiger partial charge on any atom is 0.176 e. The Kier molecular flexibility index (Phi) is 4.61. The molecule has 0 radical (unpaired) electrons. The van der Waals surface area contributed by atoms with E-state index in [1.807, 2.05) is 6.92 Å². The normalized spacial score (nSPS) is 12.3. The Hall–Kier alpha value is -0.540. The summed E-state index contributed by atoms with van der Waals surface area (Å²) in [6, 6.07) is 5.05. The van der Waals surface area contributed by atoms with Crippen LogP contribution in [0.3, 0.4) is 0 Å². The fourth-order valence-electron chi connectivity index (χ4n) is 1.15. The molecule has 0 N–H and O–H groups in total. The Bertz CT molecular complexity index is 364. The first-order valence-corrected chi connectivity index (χ1v) is 5.96. The van der Waals surface area contributed by atoms with Crippen molar-refractivity contribution in [3.05, 3.63) is 28.8 Å². The second-order valence-electron chi connectivity index (χ2n) is 3.06. The summed E-state index contributed by atoms with van der Waals surface area (Å²) in [4.78, 5) is 11.5. The molecule has 0 heterocycles. The van der Waals surface area contributed by atoms with Crippen LogP contribution in [0.25, 0.3) is 0 Å². The Morgan fingerprint density at radius 3 is 2.80 bits per heavy atom. The van der Waals surface area contributed by atoms with Crippen LogP contribution in [0, 0.1) is 0 Å². The summed E-state index contributed by atoms with van der Waals surface area (Å²) in [6.45, 7) is 4.19. The predicted octanol–water partition coefficient (Wildman–Crippen LogP) is 3.70. The molecule has 1 aromatic carbocycles. The van der Waals surface area contributed by atoms with Gasteiger partial charge in [0.2, 0.25) is 0 Å². The molecule has 1 rings (SSSR count). The number of Topliss-reactive ketones (excluding diaryl/α,β-unsaturated/α-hetero) is 1. The molecule has 0 aliphatic rings. The van der Waals surface area contributed by atoms with Crippen molar-refractivity contribution in [3.63, 3.8) is 0 Å². The van der Waals surface area contributed by atoms with Crippen LogP contribution in [0.1, 0.15) is 24.2 Å². The Labute approximate surface area is 103 Å². The van der Waals surface area contributed by atoms with E-state index in [0.717, 1.165) is 0 Å². The van der Waals surface area contributed by atoms with E-state index in [-0.39, 0.29) is 10.6 Å². The van der Waals surface area contributed by atoms with Crippen molar-refractivity contribution in [2.45, 2.75) is 18.7 Å². The van der Waals surface area contributed by atoms with Crippen molar-refractivity contribution in [2.24, 2.45) is 0 Å². The summed E-state index contributed by atoms with van der Waals surface area (Å²) in [6.07, 6.45) is 0. The molecule has 0 aliphatic carbocycles. The van der Waals surface area contributed by atoms with E-state index < -0.39 is 0 Å². The lowest BCUT2D eigenvalue weighted by Gasteiger charge is -2.08. The molecule has 82 valence electrons. The summed E-state index contributed by atoms with van der Waals surface area (Å²) in [5.74, 6) is 0.575. The van der Waals surface area contributed by atoms with E-state index in [1.165, 1.54) is 0 Å². The zero-order valence-electron chi connectivity index (χ0n) is 8.59. The van der Waals surface area contributed by atoms with Gasteiger partial charge in [-0.3, -0.25) is 4.79 Å². The van der Waals surface area contributed by atoms with Crippen LogP contribution in [-0.4, -0.2) is 17.2 Å². The van der Waals surface area contributed by atoms with Gasteiger partial charge in [-0.1, -0.05) is 27.5 Å². The van der Waals surface area contributed by atoms with Gasteiger partial charge in [0.1, 0.15) is 5.75 Å². The zero-order chi connectivity index (χ0) is 11.4. The van der Waals surface area contributed by atoms with Crippen molar-refractivity contribution >= 4 is 33.3 Å². The van der Waals surface area contributed by atoms with Gasteiger partial charge in [0.25, 0.3) is 0 Å². The van der Waals surface area contributed by atoms with Gasteiger partial charge in [0, 0.05) is 5.56 Å². The molecule has 0 saturated carbocycles. The first-order valence-electron chi connectivity index (χ1n) is 4.67. The Morgan fingerprint density at radius 1 is 1.60 bits per heavy atom. The first-order chi connectivity index (χ1) is 7.06. The number of hydrogen-bond donors (Lipinski definition) is 0. The number of ether oxygens (including phenoxy) is 1. The van der Waals surface area contributed by atoms with Crippen molar-refractivity contribution < 1.29 is 9.53 Å².